The number of nitrogens with zero attached hydrogens (tertiary/aromatic N) is 2. The molecule has 2 saturated carbocycles. The molecule has 6 atom stereocenters. The second-order valence-corrected chi connectivity index (χ2v) is 7.30. The van der Waals surface area contributed by atoms with E-state index in [0.29, 0.717) is 11.8 Å². The molecule has 2 bridgehead atoms. The number of benzene rings is 1. The molecule has 0 spiro atoms. The first-order chi connectivity index (χ1) is 11.1. The van der Waals surface area contributed by atoms with Crippen molar-refractivity contribution in [1.82, 2.24) is 5.01 Å². The van der Waals surface area contributed by atoms with Crippen LogP contribution in [0.5, 0.6) is 0 Å². The highest BCUT2D eigenvalue weighted by Gasteiger charge is 2.67. The predicted molar refractivity (Wildman–Crippen MR) is 85.3 cm³/mol. The van der Waals surface area contributed by atoms with Gasteiger partial charge in [-0.15, -0.1) is 0 Å². The van der Waals surface area contributed by atoms with Crippen LogP contribution in [0, 0.1) is 42.4 Å². The monoisotopic (exact) mass is 306 g/mol. The van der Waals surface area contributed by atoms with Crippen molar-refractivity contribution in [1.29, 1.82) is 0 Å². The number of hydrogen-bond acceptors (Lipinski definition) is 3. The molecule has 3 fully saturated rings. The van der Waals surface area contributed by atoms with Gasteiger partial charge in [-0.25, -0.2) is 0 Å². The van der Waals surface area contributed by atoms with Gasteiger partial charge in [0.2, 0.25) is 0 Å². The Morgan fingerprint density at radius 3 is 2.13 bits per heavy atom. The molecule has 1 saturated heterocycles. The van der Waals surface area contributed by atoms with Crippen LogP contribution < -0.4 is 0 Å². The lowest BCUT2D eigenvalue weighted by atomic mass is 9.63. The summed E-state index contributed by atoms with van der Waals surface area (Å²) in [6, 6.07) is 7.87. The van der Waals surface area contributed by atoms with Crippen LogP contribution in [0.1, 0.15) is 17.5 Å². The summed E-state index contributed by atoms with van der Waals surface area (Å²) in [5.41, 5.74) is 2.07. The Morgan fingerprint density at radius 1 is 1.00 bits per heavy atom. The van der Waals surface area contributed by atoms with E-state index >= 15 is 0 Å². The summed E-state index contributed by atoms with van der Waals surface area (Å²) < 4.78 is 0. The summed E-state index contributed by atoms with van der Waals surface area (Å²) in [4.78, 5) is 25.5. The van der Waals surface area contributed by atoms with Crippen molar-refractivity contribution in [2.24, 2.45) is 40.6 Å². The van der Waals surface area contributed by atoms with E-state index in [-0.39, 0.29) is 35.5 Å². The fourth-order valence-corrected chi connectivity index (χ4v) is 4.83. The van der Waals surface area contributed by atoms with Crippen molar-refractivity contribution in [3.05, 3.63) is 47.5 Å². The minimum atomic E-state index is -0.170. The van der Waals surface area contributed by atoms with Crippen LogP contribution in [0.25, 0.3) is 0 Å². The summed E-state index contributed by atoms with van der Waals surface area (Å²) in [5.74, 6) is 1.22. The largest absolute Gasteiger partial charge is 0.272 e. The number of carbonyl (C=O) groups excluding carboxylic acids is 2. The number of allylic oxidation sites excluding steroid dienone is 2. The minimum Gasteiger partial charge on any atom is -0.272 e. The quantitative estimate of drug-likeness (QED) is 0.478. The van der Waals surface area contributed by atoms with Crippen LogP contribution in [0.2, 0.25) is 0 Å². The molecule has 1 aromatic rings. The van der Waals surface area contributed by atoms with E-state index < -0.39 is 0 Å². The standard InChI is InChI=1S/C19H18N2O2/c1-10-2-4-11(5-3-10)9-20-21-18(22)16-12-6-7-13(15-8-14(12)15)17(16)19(21)23/h2-7,9,12-17H,8H2,1H3/b20-9-/t12-,13+,14-,15-,16+,17+/m1/s1. The van der Waals surface area contributed by atoms with Crippen molar-refractivity contribution in [3.63, 3.8) is 0 Å². The smallest absolute Gasteiger partial charge is 0.254 e. The van der Waals surface area contributed by atoms with Crippen LogP contribution >= 0.6 is 0 Å². The summed E-state index contributed by atoms with van der Waals surface area (Å²) in [7, 11) is 0. The van der Waals surface area contributed by atoms with Gasteiger partial charge in [0.05, 0.1) is 18.1 Å². The minimum absolute atomic E-state index is 0.104. The third-order valence-corrected chi connectivity index (χ3v) is 6.04. The van der Waals surface area contributed by atoms with E-state index in [1.807, 2.05) is 31.2 Å². The molecule has 4 aliphatic carbocycles. The Balaban J connectivity index is 1.44. The second kappa shape index (κ2) is 4.40. The first-order valence-electron chi connectivity index (χ1n) is 8.32. The van der Waals surface area contributed by atoms with Gasteiger partial charge in [-0.2, -0.15) is 10.1 Å². The molecule has 0 radical (unpaired) electrons. The summed E-state index contributed by atoms with van der Waals surface area (Å²) in [6.07, 6.45) is 7.15. The lowest BCUT2D eigenvalue weighted by molar-refractivity contribution is -0.140. The zero-order chi connectivity index (χ0) is 15.7. The van der Waals surface area contributed by atoms with E-state index in [0.717, 1.165) is 10.6 Å². The van der Waals surface area contributed by atoms with Gasteiger partial charge in [0.15, 0.2) is 0 Å². The third-order valence-electron chi connectivity index (χ3n) is 6.04. The highest BCUT2D eigenvalue weighted by molar-refractivity contribution is 6.06. The number of hydrogen-bond donors (Lipinski definition) is 0. The average Bonchev–Trinajstić information content (AvgIpc) is 3.33. The van der Waals surface area contributed by atoms with Crippen molar-refractivity contribution in [3.8, 4) is 0 Å². The lowest BCUT2D eigenvalue weighted by Gasteiger charge is -2.37. The van der Waals surface area contributed by atoms with E-state index in [9.17, 15) is 9.59 Å². The molecule has 2 amide bonds. The molecular formula is C19H18N2O2. The molecule has 0 unspecified atom stereocenters. The Hall–Kier alpha value is -2.23. The van der Waals surface area contributed by atoms with E-state index in [1.165, 1.54) is 12.0 Å². The fraction of sp³-hybridized carbons (Fsp3) is 0.421. The molecule has 1 heterocycles. The van der Waals surface area contributed by atoms with Crippen molar-refractivity contribution in [2.75, 3.05) is 0 Å². The molecule has 6 rings (SSSR count). The first kappa shape index (κ1) is 13.2. The molecule has 5 aliphatic rings. The van der Waals surface area contributed by atoms with E-state index in [1.54, 1.807) is 6.21 Å². The molecule has 23 heavy (non-hydrogen) atoms. The van der Waals surface area contributed by atoms with Crippen LogP contribution in [-0.2, 0) is 9.59 Å². The molecule has 116 valence electrons. The Kier molecular flexibility index (Phi) is 2.53. The molecule has 0 N–H and O–H groups in total. The number of aryl methyl sites for hydroxylation is 1. The average molecular weight is 306 g/mol. The zero-order valence-electron chi connectivity index (χ0n) is 12.9. The van der Waals surface area contributed by atoms with Crippen LogP contribution in [-0.4, -0.2) is 23.0 Å². The van der Waals surface area contributed by atoms with Gasteiger partial charge < -0.3 is 0 Å². The SMILES string of the molecule is Cc1ccc(/C=N\N2C(=O)[C@H]3[C@@H]4C=C[C@@H]([C@H]5C[C@H]45)[C@@H]3C2=O)cc1. The summed E-state index contributed by atoms with van der Waals surface area (Å²) in [5, 5.41) is 5.36. The molecule has 4 heteroatoms. The van der Waals surface area contributed by atoms with Crippen LogP contribution in [0.4, 0.5) is 0 Å². The molecule has 1 aliphatic heterocycles. The number of hydrazone groups is 1. The Morgan fingerprint density at radius 2 is 1.57 bits per heavy atom. The van der Waals surface area contributed by atoms with Crippen LogP contribution in [0.15, 0.2) is 41.5 Å². The van der Waals surface area contributed by atoms with E-state index in [4.69, 9.17) is 0 Å². The Labute approximate surface area is 134 Å². The summed E-state index contributed by atoms with van der Waals surface area (Å²) >= 11 is 0. The van der Waals surface area contributed by atoms with Crippen LogP contribution in [0.3, 0.4) is 0 Å². The second-order valence-electron chi connectivity index (χ2n) is 7.30. The van der Waals surface area contributed by atoms with Gasteiger partial charge in [-0.05, 0) is 42.6 Å². The first-order valence-corrected chi connectivity index (χ1v) is 8.32. The zero-order valence-corrected chi connectivity index (χ0v) is 12.9. The lowest BCUT2D eigenvalue weighted by Crippen LogP contribution is -2.40. The molecule has 1 aromatic carbocycles. The highest BCUT2D eigenvalue weighted by Crippen LogP contribution is 2.65. The maximum atomic E-state index is 12.7. The van der Waals surface area contributed by atoms with Crippen molar-refractivity contribution < 1.29 is 9.59 Å². The predicted octanol–water partition coefficient (Wildman–Crippen LogP) is 2.38. The van der Waals surface area contributed by atoms with Gasteiger partial charge in [0.1, 0.15) is 0 Å². The number of imide groups is 1. The van der Waals surface area contributed by atoms with Crippen molar-refractivity contribution in [2.45, 2.75) is 13.3 Å². The number of amides is 2. The van der Waals surface area contributed by atoms with Gasteiger partial charge in [-0.1, -0.05) is 42.0 Å². The fourth-order valence-electron chi connectivity index (χ4n) is 4.83. The van der Waals surface area contributed by atoms with Gasteiger partial charge in [0.25, 0.3) is 11.8 Å². The maximum absolute atomic E-state index is 12.7. The maximum Gasteiger partial charge on any atom is 0.254 e. The topological polar surface area (TPSA) is 49.7 Å². The summed E-state index contributed by atoms with van der Waals surface area (Å²) in [6.45, 7) is 2.02. The molecule has 4 nitrogen and oxygen atoms in total. The molecule has 0 aromatic heterocycles. The van der Waals surface area contributed by atoms with E-state index in [2.05, 4.69) is 17.3 Å². The van der Waals surface area contributed by atoms with Gasteiger partial charge >= 0.3 is 0 Å². The highest BCUT2D eigenvalue weighted by atomic mass is 16.2. The van der Waals surface area contributed by atoms with Gasteiger partial charge in [0, 0.05) is 0 Å². The van der Waals surface area contributed by atoms with Gasteiger partial charge in [-0.3, -0.25) is 9.59 Å². The third kappa shape index (κ3) is 1.75. The Bertz CT molecular complexity index is 728. The van der Waals surface area contributed by atoms with Crippen molar-refractivity contribution >= 4 is 18.0 Å². The normalized spacial score (nSPS) is 40.0. The number of rotatable bonds is 2. The molecular weight excluding hydrogens is 288 g/mol. The number of carbonyl (C=O) groups is 2.